The molecular weight excluding hydrogens is 652 g/mol. The van der Waals surface area contributed by atoms with Crippen LogP contribution in [0.1, 0.15) is 16.4 Å². The lowest BCUT2D eigenvalue weighted by Gasteiger charge is -2.31. The highest BCUT2D eigenvalue weighted by Crippen LogP contribution is 2.54. The largest absolute Gasteiger partial charge is 0.483 e. The standard InChI is InChI=1S/C32H21ClN4O7S2/c33-17-8-13-23(44-15-24(38)34-22-7-3-5-16-4-1-2-6-20(16)22)21(14-17)25-26-28(45-29-27(25)46-32(41)35-29)31(40)36(30(26)39)18-9-11-19(12-10-18)37(42)43/h1-14,25-26,28H,15H2,(H,34,38)(H,35,41)/t25-,26?,28?/m1/s1. The SMILES string of the molecule is O=C(COc1ccc(Cl)cc1[C@H]1c2sc(=O)[nH]c2SC2C(=O)N(c3ccc([N+](=O)[O-])cc3)C(=O)C21)Nc1cccc2ccccc12. The summed E-state index contributed by atoms with van der Waals surface area (Å²) >= 11 is 8.46. The van der Waals surface area contributed by atoms with E-state index in [0.717, 1.165) is 38.8 Å². The zero-order valence-electron chi connectivity index (χ0n) is 23.5. The Morgan fingerprint density at radius 2 is 1.76 bits per heavy atom. The molecule has 2 aliphatic rings. The number of aromatic nitrogens is 1. The molecule has 7 rings (SSSR count). The van der Waals surface area contributed by atoms with Crippen molar-refractivity contribution in [2.24, 2.45) is 5.92 Å². The van der Waals surface area contributed by atoms with E-state index in [1.807, 2.05) is 36.4 Å². The van der Waals surface area contributed by atoms with Gasteiger partial charge in [0.05, 0.1) is 21.6 Å². The number of carbonyl (C=O) groups is 3. The molecule has 11 nitrogen and oxygen atoms in total. The van der Waals surface area contributed by atoms with Gasteiger partial charge in [-0.1, -0.05) is 71.1 Å². The van der Waals surface area contributed by atoms with E-state index in [4.69, 9.17) is 16.3 Å². The Morgan fingerprint density at radius 1 is 1.00 bits per heavy atom. The Kier molecular flexibility index (Phi) is 7.59. The third kappa shape index (κ3) is 5.21. The van der Waals surface area contributed by atoms with Crippen LogP contribution in [0.2, 0.25) is 5.02 Å². The number of benzene rings is 4. The number of anilines is 2. The molecule has 0 spiro atoms. The zero-order chi connectivity index (χ0) is 32.1. The molecule has 0 aliphatic carbocycles. The minimum atomic E-state index is -0.961. The van der Waals surface area contributed by atoms with E-state index in [2.05, 4.69) is 10.3 Å². The molecule has 3 atom stereocenters. The van der Waals surface area contributed by atoms with Crippen LogP contribution in [0, 0.1) is 16.0 Å². The van der Waals surface area contributed by atoms with Crippen molar-refractivity contribution < 1.29 is 24.0 Å². The molecule has 1 fully saturated rings. The minimum absolute atomic E-state index is 0.183. The van der Waals surface area contributed by atoms with Crippen LogP contribution in [0.5, 0.6) is 5.75 Å². The maximum absolute atomic E-state index is 14.1. The molecule has 2 unspecified atom stereocenters. The van der Waals surface area contributed by atoms with E-state index < -0.39 is 39.7 Å². The molecule has 1 aromatic heterocycles. The Hall–Kier alpha value is -4.98. The number of aromatic amines is 1. The van der Waals surface area contributed by atoms with E-state index in [1.54, 1.807) is 24.3 Å². The summed E-state index contributed by atoms with van der Waals surface area (Å²) in [5.74, 6) is -2.99. The number of nitrogens with zero attached hydrogens (tertiary/aromatic N) is 2. The van der Waals surface area contributed by atoms with E-state index in [0.29, 0.717) is 26.2 Å². The third-order valence-electron chi connectivity index (χ3n) is 7.87. The van der Waals surface area contributed by atoms with Crippen LogP contribution < -0.4 is 19.8 Å². The van der Waals surface area contributed by atoms with Gasteiger partial charge in [0.2, 0.25) is 11.8 Å². The molecule has 2 aliphatic heterocycles. The van der Waals surface area contributed by atoms with E-state index in [-0.39, 0.29) is 28.6 Å². The Bertz CT molecular complexity index is 2130. The average molecular weight is 673 g/mol. The molecule has 3 heterocycles. The molecule has 3 amide bonds. The molecule has 0 saturated carbocycles. The summed E-state index contributed by atoms with van der Waals surface area (Å²) in [6.07, 6.45) is 0. The fraction of sp³-hybridized carbons (Fsp3) is 0.125. The van der Waals surface area contributed by atoms with Gasteiger partial charge in [0, 0.05) is 44.6 Å². The van der Waals surface area contributed by atoms with Crippen LogP contribution in [0.3, 0.4) is 0 Å². The number of rotatable bonds is 7. The van der Waals surface area contributed by atoms with Gasteiger partial charge < -0.3 is 15.0 Å². The normalized spacial score (nSPS) is 18.7. The van der Waals surface area contributed by atoms with Gasteiger partial charge >= 0.3 is 4.87 Å². The summed E-state index contributed by atoms with van der Waals surface area (Å²) in [6.45, 7) is -0.370. The van der Waals surface area contributed by atoms with E-state index in [1.165, 1.54) is 24.3 Å². The van der Waals surface area contributed by atoms with Crippen LogP contribution in [0.15, 0.2) is 94.7 Å². The highest BCUT2D eigenvalue weighted by Gasteiger charge is 2.57. The number of H-pyrrole nitrogens is 1. The lowest BCUT2D eigenvalue weighted by Crippen LogP contribution is -2.32. The molecule has 1 saturated heterocycles. The van der Waals surface area contributed by atoms with Gasteiger partial charge in [-0.25, -0.2) is 4.90 Å². The maximum Gasteiger partial charge on any atom is 0.305 e. The van der Waals surface area contributed by atoms with Gasteiger partial charge in [-0.05, 0) is 41.8 Å². The fourth-order valence-corrected chi connectivity index (χ4v) is 8.57. The van der Waals surface area contributed by atoms with Crippen molar-refractivity contribution in [3.8, 4) is 5.75 Å². The molecule has 230 valence electrons. The predicted octanol–water partition coefficient (Wildman–Crippen LogP) is 5.96. The van der Waals surface area contributed by atoms with Crippen molar-refractivity contribution >= 4 is 80.3 Å². The molecule has 0 radical (unpaired) electrons. The predicted molar refractivity (Wildman–Crippen MR) is 175 cm³/mol. The van der Waals surface area contributed by atoms with Crippen molar-refractivity contribution in [1.82, 2.24) is 4.98 Å². The summed E-state index contributed by atoms with van der Waals surface area (Å²) in [5, 5.41) is 15.8. The molecule has 0 bridgehead atoms. The molecule has 46 heavy (non-hydrogen) atoms. The summed E-state index contributed by atoms with van der Waals surface area (Å²) in [4.78, 5) is 68.0. The van der Waals surface area contributed by atoms with Crippen molar-refractivity contribution in [2.75, 3.05) is 16.8 Å². The number of ether oxygens (including phenoxy) is 1. The van der Waals surface area contributed by atoms with Crippen molar-refractivity contribution in [1.29, 1.82) is 0 Å². The van der Waals surface area contributed by atoms with Crippen LogP contribution >= 0.6 is 34.7 Å². The van der Waals surface area contributed by atoms with Gasteiger partial charge in [-0.3, -0.25) is 29.3 Å². The number of thioether (sulfide) groups is 1. The Labute approximate surface area is 273 Å². The number of nitro benzene ring substituents is 1. The number of imide groups is 1. The van der Waals surface area contributed by atoms with E-state index >= 15 is 0 Å². The highest BCUT2D eigenvalue weighted by atomic mass is 35.5. The van der Waals surface area contributed by atoms with Crippen LogP contribution in [-0.2, 0) is 14.4 Å². The third-order valence-corrected chi connectivity index (χ3v) is 10.5. The molecule has 2 N–H and O–H groups in total. The minimum Gasteiger partial charge on any atom is -0.483 e. The average Bonchev–Trinajstić information content (AvgIpc) is 3.54. The first-order valence-corrected chi connectivity index (χ1v) is 16.0. The molecular formula is C32H21ClN4O7S2. The number of amides is 3. The van der Waals surface area contributed by atoms with Crippen LogP contribution in [0.4, 0.5) is 17.1 Å². The number of thiazole rings is 1. The van der Waals surface area contributed by atoms with Gasteiger partial charge in [0.15, 0.2) is 6.61 Å². The second-order valence-electron chi connectivity index (χ2n) is 10.6. The fourth-order valence-electron chi connectivity index (χ4n) is 5.89. The van der Waals surface area contributed by atoms with Gasteiger partial charge in [0.1, 0.15) is 11.0 Å². The number of hydrogen-bond acceptors (Lipinski definition) is 9. The summed E-state index contributed by atoms with van der Waals surface area (Å²) in [5.41, 5.74) is 1.07. The first-order valence-electron chi connectivity index (χ1n) is 13.9. The zero-order valence-corrected chi connectivity index (χ0v) is 25.9. The Morgan fingerprint density at radius 3 is 2.54 bits per heavy atom. The number of halogens is 1. The number of fused-ring (bicyclic) bond motifs is 3. The number of nitro groups is 1. The smallest absolute Gasteiger partial charge is 0.305 e. The van der Waals surface area contributed by atoms with Crippen LogP contribution in [0.25, 0.3) is 10.8 Å². The first-order chi connectivity index (χ1) is 22.2. The van der Waals surface area contributed by atoms with Crippen molar-refractivity contribution in [3.63, 3.8) is 0 Å². The monoisotopic (exact) mass is 672 g/mol. The van der Waals surface area contributed by atoms with Gasteiger partial charge in [0.25, 0.3) is 11.6 Å². The summed E-state index contributed by atoms with van der Waals surface area (Å²) in [7, 11) is 0. The molecule has 14 heteroatoms. The quantitative estimate of drug-likeness (QED) is 0.122. The van der Waals surface area contributed by atoms with Gasteiger partial charge in [-0.2, -0.15) is 0 Å². The van der Waals surface area contributed by atoms with Crippen LogP contribution in [-0.4, -0.2) is 39.5 Å². The highest BCUT2D eigenvalue weighted by molar-refractivity contribution is 8.00. The molecule has 4 aromatic carbocycles. The number of nitrogens with one attached hydrogen (secondary N) is 2. The van der Waals surface area contributed by atoms with Crippen molar-refractivity contribution in [3.05, 3.63) is 120 Å². The number of hydrogen-bond donors (Lipinski definition) is 2. The lowest BCUT2D eigenvalue weighted by atomic mass is 9.82. The Balaban J connectivity index is 1.22. The maximum atomic E-state index is 14.1. The van der Waals surface area contributed by atoms with Crippen molar-refractivity contribution in [2.45, 2.75) is 16.2 Å². The summed E-state index contributed by atoms with van der Waals surface area (Å²) in [6, 6.07) is 23.2. The number of non-ortho nitro benzene ring substituents is 1. The summed E-state index contributed by atoms with van der Waals surface area (Å²) < 4.78 is 6.04. The first kappa shape index (κ1) is 29.7. The second kappa shape index (κ2) is 11.7. The number of carbonyl (C=O) groups excluding carboxylic acids is 3. The lowest BCUT2D eigenvalue weighted by molar-refractivity contribution is -0.384. The van der Waals surface area contributed by atoms with E-state index in [9.17, 15) is 29.3 Å². The molecule has 5 aromatic rings. The van der Waals surface area contributed by atoms with Gasteiger partial charge in [-0.15, -0.1) is 0 Å². The second-order valence-corrected chi connectivity index (χ2v) is 13.2. The topological polar surface area (TPSA) is 152 Å².